The number of benzene rings is 1. The van der Waals surface area contributed by atoms with Gasteiger partial charge in [0.2, 0.25) is 5.91 Å². The number of nitrogens with zero attached hydrogens (tertiary/aromatic N) is 1. The van der Waals surface area contributed by atoms with Crippen LogP contribution in [0, 0.1) is 0 Å². The fraction of sp³-hybridized carbons (Fsp3) is 0.385. The van der Waals surface area contributed by atoms with Crippen molar-refractivity contribution in [2.45, 2.75) is 31.0 Å². The Morgan fingerprint density at radius 3 is 3.00 bits per heavy atom. The molecule has 1 atom stereocenters. The number of alkyl halides is 1. The van der Waals surface area contributed by atoms with Gasteiger partial charge in [-0.1, -0.05) is 59.2 Å². The minimum Gasteiger partial charge on any atom is -0.301 e. The fourth-order valence-electron chi connectivity index (χ4n) is 1.62. The molecule has 0 aliphatic carbocycles. The molecule has 1 N–H and O–H groups in total. The van der Waals surface area contributed by atoms with Gasteiger partial charge >= 0.3 is 0 Å². The van der Waals surface area contributed by atoms with Crippen LogP contribution < -0.4 is 5.32 Å². The molecular weight excluding hydrogens is 312 g/mol. The first kappa shape index (κ1) is 13.5. The van der Waals surface area contributed by atoms with Crippen molar-refractivity contribution in [3.05, 3.63) is 24.3 Å². The summed E-state index contributed by atoms with van der Waals surface area (Å²) < 4.78 is 1.09. The molecule has 96 valence electrons. The lowest BCUT2D eigenvalue weighted by Gasteiger charge is -2.07. The first-order valence-corrected chi connectivity index (χ1v) is 7.74. The molecule has 0 radical (unpaired) electrons. The summed E-state index contributed by atoms with van der Waals surface area (Å²) in [6, 6.07) is 7.87. The highest BCUT2D eigenvalue weighted by molar-refractivity contribution is 9.10. The molecule has 1 heterocycles. The SMILES string of the molecule is CCCCC(Br)C(=O)Nc1nc2ccccc2s1. The predicted molar refractivity (Wildman–Crippen MR) is 80.5 cm³/mol. The molecule has 0 saturated carbocycles. The highest BCUT2D eigenvalue weighted by Gasteiger charge is 2.15. The van der Waals surface area contributed by atoms with Crippen LogP contribution in [0.15, 0.2) is 24.3 Å². The summed E-state index contributed by atoms with van der Waals surface area (Å²) in [6.07, 6.45) is 2.99. The zero-order chi connectivity index (χ0) is 13.0. The van der Waals surface area contributed by atoms with Gasteiger partial charge in [0, 0.05) is 0 Å². The van der Waals surface area contributed by atoms with Gasteiger partial charge in [0.1, 0.15) is 0 Å². The van der Waals surface area contributed by atoms with Crippen molar-refractivity contribution in [1.29, 1.82) is 0 Å². The molecule has 18 heavy (non-hydrogen) atoms. The summed E-state index contributed by atoms with van der Waals surface area (Å²) in [5, 5.41) is 3.53. The minimum absolute atomic E-state index is 0.0116. The number of aromatic nitrogens is 1. The van der Waals surface area contributed by atoms with Gasteiger partial charge in [-0.2, -0.15) is 0 Å². The highest BCUT2D eigenvalue weighted by atomic mass is 79.9. The lowest BCUT2D eigenvalue weighted by atomic mass is 10.2. The van der Waals surface area contributed by atoms with E-state index in [0.29, 0.717) is 5.13 Å². The Hall–Kier alpha value is -0.940. The highest BCUT2D eigenvalue weighted by Crippen LogP contribution is 2.26. The maximum atomic E-state index is 11.9. The van der Waals surface area contributed by atoms with Gasteiger partial charge in [0.05, 0.1) is 15.0 Å². The monoisotopic (exact) mass is 326 g/mol. The topological polar surface area (TPSA) is 42.0 Å². The Labute approximate surface area is 119 Å². The largest absolute Gasteiger partial charge is 0.301 e. The van der Waals surface area contributed by atoms with Gasteiger partial charge in [0.25, 0.3) is 0 Å². The fourth-order valence-corrected chi connectivity index (χ4v) is 2.93. The molecule has 1 unspecified atom stereocenters. The second-order valence-electron chi connectivity index (χ2n) is 4.09. The summed E-state index contributed by atoms with van der Waals surface area (Å²) in [7, 11) is 0. The second kappa shape index (κ2) is 6.29. The molecule has 0 fully saturated rings. The number of para-hydroxylation sites is 1. The third-order valence-corrected chi connectivity index (χ3v) is 4.45. The zero-order valence-electron chi connectivity index (χ0n) is 10.1. The quantitative estimate of drug-likeness (QED) is 0.837. The number of unbranched alkanes of at least 4 members (excludes halogenated alkanes) is 1. The number of halogens is 1. The summed E-state index contributed by atoms with van der Waals surface area (Å²) in [5.74, 6) is -0.0116. The lowest BCUT2D eigenvalue weighted by Crippen LogP contribution is -2.22. The minimum atomic E-state index is -0.135. The Morgan fingerprint density at radius 2 is 2.28 bits per heavy atom. The number of hydrogen-bond donors (Lipinski definition) is 1. The second-order valence-corrected chi connectivity index (χ2v) is 6.22. The van der Waals surface area contributed by atoms with Gasteiger partial charge in [-0.15, -0.1) is 0 Å². The molecule has 1 aromatic heterocycles. The molecule has 0 spiro atoms. The summed E-state index contributed by atoms with van der Waals surface area (Å²) in [4.78, 5) is 16.2. The van der Waals surface area contributed by atoms with E-state index < -0.39 is 0 Å². The van der Waals surface area contributed by atoms with E-state index in [0.717, 1.165) is 29.5 Å². The van der Waals surface area contributed by atoms with E-state index in [-0.39, 0.29) is 10.7 Å². The Kier molecular flexibility index (Phi) is 4.72. The van der Waals surface area contributed by atoms with E-state index in [1.807, 2.05) is 24.3 Å². The molecule has 0 saturated heterocycles. The number of thiazole rings is 1. The smallest absolute Gasteiger partial charge is 0.239 e. The van der Waals surface area contributed by atoms with Crippen molar-refractivity contribution >= 4 is 48.5 Å². The maximum Gasteiger partial charge on any atom is 0.239 e. The number of fused-ring (bicyclic) bond motifs is 1. The number of rotatable bonds is 5. The van der Waals surface area contributed by atoms with Crippen molar-refractivity contribution in [2.75, 3.05) is 5.32 Å². The third-order valence-electron chi connectivity index (χ3n) is 2.62. The number of amides is 1. The third kappa shape index (κ3) is 3.29. The normalized spacial score (nSPS) is 12.6. The van der Waals surface area contributed by atoms with Crippen LogP contribution in [-0.2, 0) is 4.79 Å². The number of carbonyl (C=O) groups excluding carboxylic acids is 1. The van der Waals surface area contributed by atoms with Crippen molar-refractivity contribution in [3.63, 3.8) is 0 Å². The van der Waals surface area contributed by atoms with Crippen LogP contribution in [0.25, 0.3) is 10.2 Å². The van der Waals surface area contributed by atoms with Crippen LogP contribution in [0.2, 0.25) is 0 Å². The van der Waals surface area contributed by atoms with Crippen LogP contribution in [0.1, 0.15) is 26.2 Å². The average Bonchev–Trinajstić information content (AvgIpc) is 2.77. The van der Waals surface area contributed by atoms with Gasteiger partial charge in [-0.25, -0.2) is 4.98 Å². The molecule has 3 nitrogen and oxygen atoms in total. The van der Waals surface area contributed by atoms with Crippen molar-refractivity contribution in [1.82, 2.24) is 4.98 Å². The van der Waals surface area contributed by atoms with E-state index in [4.69, 9.17) is 0 Å². The van der Waals surface area contributed by atoms with E-state index in [9.17, 15) is 4.79 Å². The molecule has 0 bridgehead atoms. The molecule has 0 aliphatic rings. The molecule has 1 aromatic carbocycles. The molecule has 0 aliphatic heterocycles. The van der Waals surface area contributed by atoms with Crippen LogP contribution in [-0.4, -0.2) is 15.7 Å². The predicted octanol–water partition coefficient (Wildman–Crippen LogP) is 4.19. The van der Waals surface area contributed by atoms with E-state index in [1.165, 1.54) is 11.3 Å². The van der Waals surface area contributed by atoms with Crippen molar-refractivity contribution in [3.8, 4) is 0 Å². The standard InChI is InChI=1S/C13H15BrN2OS/c1-2-3-6-9(14)12(17)16-13-15-10-7-4-5-8-11(10)18-13/h4-5,7-9H,2-3,6H2,1H3,(H,15,16,17). The Morgan fingerprint density at radius 1 is 1.50 bits per heavy atom. The molecule has 1 amide bonds. The van der Waals surface area contributed by atoms with Crippen LogP contribution in [0.5, 0.6) is 0 Å². The van der Waals surface area contributed by atoms with E-state index in [2.05, 4.69) is 33.2 Å². The number of anilines is 1. The Bertz CT molecular complexity index is 508. The van der Waals surface area contributed by atoms with Crippen LogP contribution in [0.3, 0.4) is 0 Å². The average molecular weight is 327 g/mol. The summed E-state index contributed by atoms with van der Waals surface area (Å²) >= 11 is 4.91. The first-order chi connectivity index (χ1) is 8.70. The van der Waals surface area contributed by atoms with Crippen molar-refractivity contribution < 1.29 is 4.79 Å². The van der Waals surface area contributed by atoms with Gasteiger partial charge in [0.15, 0.2) is 5.13 Å². The summed E-state index contributed by atoms with van der Waals surface area (Å²) in [5.41, 5.74) is 0.928. The zero-order valence-corrected chi connectivity index (χ0v) is 12.6. The van der Waals surface area contributed by atoms with Gasteiger partial charge in [-0.3, -0.25) is 4.79 Å². The maximum absolute atomic E-state index is 11.9. The van der Waals surface area contributed by atoms with Gasteiger partial charge in [-0.05, 0) is 18.6 Å². The number of carbonyl (C=O) groups is 1. The Balaban J connectivity index is 2.02. The molecular formula is C13H15BrN2OS. The first-order valence-electron chi connectivity index (χ1n) is 6.01. The summed E-state index contributed by atoms with van der Waals surface area (Å²) in [6.45, 7) is 2.12. The molecule has 2 aromatic rings. The molecule has 5 heteroatoms. The van der Waals surface area contributed by atoms with Crippen molar-refractivity contribution in [2.24, 2.45) is 0 Å². The van der Waals surface area contributed by atoms with Crippen LogP contribution >= 0.6 is 27.3 Å². The van der Waals surface area contributed by atoms with Gasteiger partial charge < -0.3 is 5.32 Å². The molecule has 2 rings (SSSR count). The number of hydrogen-bond acceptors (Lipinski definition) is 3. The van der Waals surface area contributed by atoms with E-state index in [1.54, 1.807) is 0 Å². The number of nitrogens with one attached hydrogen (secondary N) is 1. The van der Waals surface area contributed by atoms with Crippen LogP contribution in [0.4, 0.5) is 5.13 Å². The van der Waals surface area contributed by atoms with E-state index >= 15 is 0 Å². The lowest BCUT2D eigenvalue weighted by molar-refractivity contribution is -0.115.